The molecule has 0 aromatic carbocycles. The molecule has 9 heteroatoms. The summed E-state index contributed by atoms with van der Waals surface area (Å²) < 4.78 is 46.3. The summed E-state index contributed by atoms with van der Waals surface area (Å²) >= 11 is 5.35. The van der Waals surface area contributed by atoms with Gasteiger partial charge in [-0.25, -0.2) is 22.3 Å². The molecule has 0 atom stereocenters. The lowest BCUT2D eigenvalue weighted by Gasteiger charge is -2.06. The number of hydrogen-bond acceptors (Lipinski definition) is 3. The van der Waals surface area contributed by atoms with Crippen LogP contribution >= 0.6 is 11.6 Å². The molecule has 0 aliphatic carbocycles. The van der Waals surface area contributed by atoms with Gasteiger partial charge in [-0.05, 0) is 0 Å². The third kappa shape index (κ3) is 2.52. The largest absolute Gasteiger partial charge is 0.311 e. The van der Waals surface area contributed by atoms with Crippen molar-refractivity contribution in [2.45, 2.75) is 11.5 Å². The first-order chi connectivity index (χ1) is 6.73. The highest BCUT2D eigenvalue weighted by atomic mass is 35.5. The van der Waals surface area contributed by atoms with Crippen molar-refractivity contribution in [1.82, 2.24) is 4.98 Å². The van der Waals surface area contributed by atoms with Crippen molar-refractivity contribution in [2.75, 3.05) is 0 Å². The molecule has 0 fully saturated rings. The number of alkyl halides is 2. The highest BCUT2D eigenvalue weighted by Crippen LogP contribution is 2.28. The predicted molar refractivity (Wildman–Crippen MR) is 48.4 cm³/mol. The van der Waals surface area contributed by atoms with Gasteiger partial charge in [0.15, 0.2) is 5.03 Å². The van der Waals surface area contributed by atoms with Gasteiger partial charge in [-0.1, -0.05) is 11.6 Å². The van der Waals surface area contributed by atoms with Crippen molar-refractivity contribution in [1.29, 1.82) is 0 Å². The van der Waals surface area contributed by atoms with E-state index in [-0.39, 0.29) is 0 Å². The molecule has 0 spiro atoms. The van der Waals surface area contributed by atoms with Crippen molar-refractivity contribution in [3.8, 4) is 0 Å². The maximum atomic E-state index is 12.3. The quantitative estimate of drug-likeness (QED) is 0.814. The average molecular weight is 259 g/mol. The Kier molecular flexibility index (Phi) is 3.12. The van der Waals surface area contributed by atoms with E-state index in [1.807, 2.05) is 0 Å². The molecule has 0 saturated heterocycles. The van der Waals surface area contributed by atoms with E-state index >= 15 is 0 Å². The summed E-state index contributed by atoms with van der Waals surface area (Å²) in [6.07, 6.45) is -3.06. The molecule has 5 nitrogen and oxygen atoms in total. The molecule has 1 heterocycles. The van der Waals surface area contributed by atoms with Crippen LogP contribution in [0.5, 0.6) is 0 Å². The number of H-pyrrole nitrogens is 1. The van der Waals surface area contributed by atoms with Crippen LogP contribution < -0.4 is 10.7 Å². The Morgan fingerprint density at radius 3 is 2.40 bits per heavy atom. The number of hydrogen-bond donors (Lipinski definition) is 2. The lowest BCUT2D eigenvalue weighted by Crippen LogP contribution is -2.20. The van der Waals surface area contributed by atoms with Crippen molar-refractivity contribution < 1.29 is 17.2 Å². The van der Waals surface area contributed by atoms with Crippen LogP contribution in [-0.4, -0.2) is 13.4 Å². The molecule has 0 saturated carbocycles. The Labute approximate surface area is 87.9 Å². The van der Waals surface area contributed by atoms with Gasteiger partial charge in [0, 0.05) is 11.6 Å². The highest BCUT2D eigenvalue weighted by molar-refractivity contribution is 7.89. The van der Waals surface area contributed by atoms with Crippen LogP contribution in [-0.2, 0) is 10.0 Å². The van der Waals surface area contributed by atoms with Crippen LogP contribution in [0.4, 0.5) is 8.78 Å². The van der Waals surface area contributed by atoms with Crippen LogP contribution in [0.25, 0.3) is 0 Å². The number of nitrogens with one attached hydrogen (secondary N) is 1. The SMILES string of the molecule is NS(=O)(=O)c1[nH]c(=O)cc(C(F)F)c1Cl. The molecular formula is C6H5ClF2N2O3S. The highest BCUT2D eigenvalue weighted by Gasteiger charge is 2.22. The second-order valence-corrected chi connectivity index (χ2v) is 4.45. The van der Waals surface area contributed by atoms with Gasteiger partial charge in [-0.15, -0.1) is 0 Å². The van der Waals surface area contributed by atoms with E-state index < -0.39 is 37.6 Å². The van der Waals surface area contributed by atoms with Crippen molar-refractivity contribution in [3.05, 3.63) is 27.0 Å². The van der Waals surface area contributed by atoms with E-state index in [9.17, 15) is 22.0 Å². The Morgan fingerprint density at radius 2 is 2.00 bits per heavy atom. The third-order valence-electron chi connectivity index (χ3n) is 1.50. The minimum absolute atomic E-state index is 0.516. The fraction of sp³-hybridized carbons (Fsp3) is 0.167. The first kappa shape index (κ1) is 12.1. The lowest BCUT2D eigenvalue weighted by molar-refractivity contribution is 0.151. The monoisotopic (exact) mass is 258 g/mol. The summed E-state index contributed by atoms with van der Waals surface area (Å²) in [6.45, 7) is 0. The van der Waals surface area contributed by atoms with Crippen molar-refractivity contribution in [3.63, 3.8) is 0 Å². The number of rotatable bonds is 2. The second-order valence-electron chi connectivity index (χ2n) is 2.58. The zero-order chi connectivity index (χ0) is 11.8. The molecule has 0 amide bonds. The van der Waals surface area contributed by atoms with E-state index in [2.05, 4.69) is 5.14 Å². The van der Waals surface area contributed by atoms with Gasteiger partial charge in [0.05, 0.1) is 5.02 Å². The number of aromatic nitrogens is 1. The van der Waals surface area contributed by atoms with Crippen LogP contribution in [0.15, 0.2) is 15.9 Å². The molecule has 15 heavy (non-hydrogen) atoms. The van der Waals surface area contributed by atoms with Crippen LogP contribution in [0.3, 0.4) is 0 Å². The maximum Gasteiger partial charge on any atom is 0.265 e. The zero-order valence-electron chi connectivity index (χ0n) is 7.00. The summed E-state index contributed by atoms with van der Waals surface area (Å²) in [5.41, 5.74) is -1.89. The van der Waals surface area contributed by atoms with Crippen molar-refractivity contribution >= 4 is 21.6 Å². The van der Waals surface area contributed by atoms with E-state index in [0.29, 0.717) is 6.07 Å². The first-order valence-corrected chi connectivity index (χ1v) is 5.39. The molecule has 84 valence electrons. The van der Waals surface area contributed by atoms with Crippen molar-refractivity contribution in [2.24, 2.45) is 5.14 Å². The number of halogens is 3. The van der Waals surface area contributed by atoms with E-state index in [1.165, 1.54) is 0 Å². The van der Waals surface area contributed by atoms with Crippen LogP contribution in [0, 0.1) is 0 Å². The number of nitrogens with two attached hydrogens (primary N) is 1. The van der Waals surface area contributed by atoms with Crippen LogP contribution in [0.1, 0.15) is 12.0 Å². The fourth-order valence-corrected chi connectivity index (χ4v) is 2.01. The van der Waals surface area contributed by atoms with Gasteiger partial charge < -0.3 is 4.98 Å². The minimum Gasteiger partial charge on any atom is -0.311 e. The summed E-state index contributed by atoms with van der Waals surface area (Å²) in [6, 6.07) is 0.516. The molecule has 0 aliphatic rings. The third-order valence-corrected chi connectivity index (χ3v) is 2.89. The summed E-state index contributed by atoms with van der Waals surface area (Å²) in [7, 11) is -4.33. The molecule has 0 aliphatic heterocycles. The van der Waals surface area contributed by atoms with E-state index in [4.69, 9.17) is 11.6 Å². The van der Waals surface area contributed by atoms with Gasteiger partial charge in [0.1, 0.15) is 0 Å². The number of pyridine rings is 1. The number of primary sulfonamides is 1. The molecule has 0 unspecified atom stereocenters. The standard InChI is InChI=1S/C6H5ClF2N2O3S/c7-4-2(5(8)9)1-3(12)11-6(4)15(10,13)14/h1,5H,(H,11,12)(H2,10,13,14). The molecule has 1 rings (SSSR count). The molecule has 0 bridgehead atoms. The van der Waals surface area contributed by atoms with Gasteiger partial charge in [-0.2, -0.15) is 0 Å². The molecule has 1 aromatic rings. The average Bonchev–Trinajstić information content (AvgIpc) is 2.06. The summed E-state index contributed by atoms with van der Waals surface area (Å²) in [4.78, 5) is 12.6. The fourth-order valence-electron chi connectivity index (χ4n) is 0.893. The molecule has 1 aromatic heterocycles. The first-order valence-electron chi connectivity index (χ1n) is 3.47. The Morgan fingerprint density at radius 1 is 1.47 bits per heavy atom. The van der Waals surface area contributed by atoms with Gasteiger partial charge in [0.25, 0.3) is 16.4 Å². The van der Waals surface area contributed by atoms with Gasteiger partial charge >= 0.3 is 0 Å². The molecular weight excluding hydrogens is 254 g/mol. The molecule has 3 N–H and O–H groups in total. The minimum atomic E-state index is -4.33. The Hall–Kier alpha value is -0.990. The normalized spacial score (nSPS) is 12.1. The Bertz CT molecular complexity index is 540. The summed E-state index contributed by atoms with van der Waals surface area (Å²) in [5.74, 6) is 0. The van der Waals surface area contributed by atoms with E-state index in [1.54, 1.807) is 4.98 Å². The van der Waals surface area contributed by atoms with E-state index in [0.717, 1.165) is 0 Å². The maximum absolute atomic E-state index is 12.3. The molecule has 0 radical (unpaired) electrons. The second kappa shape index (κ2) is 3.87. The Balaban J connectivity index is 3.64. The van der Waals surface area contributed by atoms with Gasteiger partial charge in [0.2, 0.25) is 5.56 Å². The lowest BCUT2D eigenvalue weighted by atomic mass is 10.3. The topological polar surface area (TPSA) is 93.0 Å². The number of sulfonamides is 1. The smallest absolute Gasteiger partial charge is 0.265 e. The number of aromatic amines is 1. The van der Waals surface area contributed by atoms with Gasteiger partial charge in [-0.3, -0.25) is 4.79 Å². The summed E-state index contributed by atoms with van der Waals surface area (Å²) in [5, 5.41) is 2.99. The zero-order valence-corrected chi connectivity index (χ0v) is 8.57. The van der Waals surface area contributed by atoms with Crippen LogP contribution in [0.2, 0.25) is 5.02 Å². The predicted octanol–water partition coefficient (Wildman–Crippen LogP) is 0.613.